The lowest BCUT2D eigenvalue weighted by atomic mass is 9.90. The van der Waals surface area contributed by atoms with Crippen molar-refractivity contribution in [2.45, 2.75) is 64.1 Å². The second-order valence-electron chi connectivity index (χ2n) is 8.46. The highest BCUT2D eigenvalue weighted by Gasteiger charge is 2.31. The first-order valence-electron chi connectivity index (χ1n) is 10.3. The minimum absolute atomic E-state index is 0.0399. The second-order valence-corrected chi connectivity index (χ2v) is 8.46. The highest BCUT2D eigenvalue weighted by Crippen LogP contribution is 2.28. The van der Waals surface area contributed by atoms with Gasteiger partial charge >= 0.3 is 5.97 Å². The number of nitrogens with two attached hydrogens (primary N) is 2. The molecule has 1 aromatic carbocycles. The summed E-state index contributed by atoms with van der Waals surface area (Å²) in [7, 11) is 0. The third-order valence-electron chi connectivity index (χ3n) is 5.38. The number of aliphatic imine (C=N–C) groups is 1. The van der Waals surface area contributed by atoms with Gasteiger partial charge in [0.05, 0.1) is 17.6 Å². The Kier molecular flexibility index (Phi) is 6.28. The number of aromatic nitrogens is 2. The molecule has 2 atom stereocenters. The Labute approximate surface area is 180 Å². The van der Waals surface area contributed by atoms with Crippen molar-refractivity contribution in [2.24, 2.45) is 16.5 Å². The smallest absolute Gasteiger partial charge is 0.328 e. The van der Waals surface area contributed by atoms with Crippen molar-refractivity contribution in [2.75, 3.05) is 5.32 Å². The first-order valence-corrected chi connectivity index (χ1v) is 10.3. The number of carboxylic acid groups (broad SMARTS) is 1. The predicted molar refractivity (Wildman–Crippen MR) is 119 cm³/mol. The van der Waals surface area contributed by atoms with Crippen molar-refractivity contribution in [1.29, 1.82) is 0 Å². The van der Waals surface area contributed by atoms with Crippen LogP contribution in [0.4, 0.5) is 5.82 Å². The molecular formula is C21H29N7O3. The van der Waals surface area contributed by atoms with Gasteiger partial charge in [-0.1, -0.05) is 24.5 Å². The summed E-state index contributed by atoms with van der Waals surface area (Å²) >= 11 is 0. The molecule has 166 valence electrons. The maximum Gasteiger partial charge on any atom is 0.328 e. The predicted octanol–water partition coefficient (Wildman–Crippen LogP) is 1.53. The van der Waals surface area contributed by atoms with E-state index in [0.717, 1.165) is 36.6 Å². The number of nitrogens with one attached hydrogen (secondary N) is 2. The highest BCUT2D eigenvalue weighted by atomic mass is 16.4. The molecule has 31 heavy (non-hydrogen) atoms. The molecule has 0 unspecified atom stereocenters. The van der Waals surface area contributed by atoms with Gasteiger partial charge in [0.15, 0.2) is 5.96 Å². The van der Waals surface area contributed by atoms with Crippen LogP contribution < -0.4 is 22.1 Å². The van der Waals surface area contributed by atoms with E-state index >= 15 is 0 Å². The topological polar surface area (TPSA) is 169 Å². The standard InChI is InChI=1S/C21H29N7O3/c1-11-8-9-13-12(10-11)16(25-14-6-4-5-7-15(14)26-20(22)23)27-17(24-13)18(29)28-21(2,3)19(30)31/h8-10,14-15H,4-7H2,1-3H3,(H,28,29)(H,30,31)(H4,22,23,26)(H,24,25,27)/t14-,15+/m0/s1. The van der Waals surface area contributed by atoms with Crippen LogP contribution in [0.3, 0.4) is 0 Å². The summed E-state index contributed by atoms with van der Waals surface area (Å²) in [5, 5.41) is 16.0. The largest absolute Gasteiger partial charge is 0.480 e. The Morgan fingerprint density at radius 2 is 1.90 bits per heavy atom. The van der Waals surface area contributed by atoms with Crippen LogP contribution in [-0.4, -0.2) is 50.5 Å². The van der Waals surface area contributed by atoms with Gasteiger partial charge in [0, 0.05) is 5.39 Å². The Bertz CT molecular complexity index is 1030. The number of carboxylic acids is 1. The van der Waals surface area contributed by atoms with Crippen molar-refractivity contribution in [3.63, 3.8) is 0 Å². The minimum atomic E-state index is -1.46. The van der Waals surface area contributed by atoms with Gasteiger partial charge in [0.1, 0.15) is 11.4 Å². The van der Waals surface area contributed by atoms with E-state index in [0.29, 0.717) is 11.3 Å². The molecule has 1 saturated carbocycles. The van der Waals surface area contributed by atoms with Crippen LogP contribution in [0.25, 0.3) is 10.9 Å². The number of nitrogens with zero attached hydrogens (tertiary/aromatic N) is 3. The first kappa shape index (κ1) is 22.3. The second kappa shape index (κ2) is 8.75. The van der Waals surface area contributed by atoms with Crippen molar-refractivity contribution >= 4 is 34.6 Å². The van der Waals surface area contributed by atoms with E-state index in [1.165, 1.54) is 13.8 Å². The molecule has 1 amide bonds. The number of aryl methyl sites for hydroxylation is 1. The molecule has 10 heteroatoms. The van der Waals surface area contributed by atoms with Crippen molar-refractivity contribution in [3.05, 3.63) is 29.6 Å². The van der Waals surface area contributed by atoms with Crippen LogP contribution in [0.1, 0.15) is 55.7 Å². The third-order valence-corrected chi connectivity index (χ3v) is 5.38. The van der Waals surface area contributed by atoms with Gasteiger partial charge in [-0.3, -0.25) is 4.79 Å². The quantitative estimate of drug-likeness (QED) is 0.341. The Hall–Kier alpha value is -3.43. The SMILES string of the molecule is Cc1ccc2nc(C(=O)NC(C)(C)C(=O)O)nc(N[C@H]3CCCC[C@H]3N=C(N)N)c2c1. The fourth-order valence-electron chi connectivity index (χ4n) is 3.65. The number of hydrogen-bond acceptors (Lipinski definition) is 6. The maximum atomic E-state index is 12.7. The Morgan fingerprint density at radius 1 is 1.19 bits per heavy atom. The van der Waals surface area contributed by atoms with E-state index < -0.39 is 17.4 Å². The summed E-state index contributed by atoms with van der Waals surface area (Å²) in [6, 6.07) is 5.49. The molecule has 1 aromatic heterocycles. The molecular weight excluding hydrogens is 398 g/mol. The molecule has 0 radical (unpaired) electrons. The molecule has 0 aliphatic heterocycles. The van der Waals surface area contributed by atoms with E-state index in [4.69, 9.17) is 11.5 Å². The summed E-state index contributed by atoms with van der Waals surface area (Å²) in [6.45, 7) is 4.76. The van der Waals surface area contributed by atoms with E-state index in [1.807, 2.05) is 25.1 Å². The van der Waals surface area contributed by atoms with Gasteiger partial charge in [0.25, 0.3) is 5.91 Å². The van der Waals surface area contributed by atoms with Crippen LogP contribution in [0.5, 0.6) is 0 Å². The van der Waals surface area contributed by atoms with E-state index in [1.54, 1.807) is 0 Å². The number of carbonyl (C=O) groups excluding carboxylic acids is 1. The highest BCUT2D eigenvalue weighted by molar-refractivity contribution is 5.98. The normalized spacial score (nSPS) is 18.9. The number of hydrogen-bond donors (Lipinski definition) is 5. The van der Waals surface area contributed by atoms with E-state index in [2.05, 4.69) is 25.6 Å². The zero-order valence-electron chi connectivity index (χ0n) is 18.0. The lowest BCUT2D eigenvalue weighted by Gasteiger charge is -2.30. The molecule has 0 saturated heterocycles. The molecule has 7 N–H and O–H groups in total. The molecule has 3 rings (SSSR count). The average molecular weight is 428 g/mol. The number of benzene rings is 1. The summed E-state index contributed by atoms with van der Waals surface area (Å²) in [5.74, 6) is -1.39. The summed E-state index contributed by atoms with van der Waals surface area (Å²) in [5.41, 5.74) is 11.4. The fraction of sp³-hybridized carbons (Fsp3) is 0.476. The monoisotopic (exact) mass is 427 g/mol. The lowest BCUT2D eigenvalue weighted by molar-refractivity contribution is -0.143. The van der Waals surface area contributed by atoms with Gasteiger partial charge in [-0.15, -0.1) is 0 Å². The molecule has 10 nitrogen and oxygen atoms in total. The van der Waals surface area contributed by atoms with Crippen LogP contribution in [0.15, 0.2) is 23.2 Å². The number of aliphatic carboxylic acids is 1. The van der Waals surface area contributed by atoms with Crippen LogP contribution >= 0.6 is 0 Å². The molecule has 0 bridgehead atoms. The van der Waals surface area contributed by atoms with Crippen LogP contribution in [0.2, 0.25) is 0 Å². The molecule has 0 spiro atoms. The molecule has 1 aliphatic carbocycles. The zero-order valence-corrected chi connectivity index (χ0v) is 18.0. The third kappa shape index (κ3) is 5.19. The Balaban J connectivity index is 2.01. The average Bonchev–Trinajstić information content (AvgIpc) is 2.68. The molecule has 1 heterocycles. The Morgan fingerprint density at radius 3 is 2.58 bits per heavy atom. The van der Waals surface area contributed by atoms with E-state index in [9.17, 15) is 14.7 Å². The minimum Gasteiger partial charge on any atom is -0.480 e. The van der Waals surface area contributed by atoms with Gasteiger partial charge in [-0.2, -0.15) is 0 Å². The number of anilines is 1. The lowest BCUT2D eigenvalue weighted by Crippen LogP contribution is -2.50. The molecule has 1 aliphatic rings. The fourth-order valence-corrected chi connectivity index (χ4v) is 3.65. The molecule has 1 fully saturated rings. The van der Waals surface area contributed by atoms with Gasteiger partial charge < -0.3 is 27.2 Å². The van der Waals surface area contributed by atoms with Gasteiger partial charge in [-0.25, -0.2) is 19.8 Å². The number of carbonyl (C=O) groups is 2. The summed E-state index contributed by atoms with van der Waals surface area (Å²) < 4.78 is 0. The van der Waals surface area contributed by atoms with Gasteiger partial charge in [-0.05, 0) is 45.7 Å². The zero-order chi connectivity index (χ0) is 22.8. The van der Waals surface area contributed by atoms with Gasteiger partial charge in [0.2, 0.25) is 5.82 Å². The summed E-state index contributed by atoms with van der Waals surface area (Å²) in [4.78, 5) is 37.3. The number of guanidine groups is 1. The number of fused-ring (bicyclic) bond motifs is 1. The first-order chi connectivity index (χ1) is 14.6. The summed E-state index contributed by atoms with van der Waals surface area (Å²) in [6.07, 6.45) is 3.75. The van der Waals surface area contributed by atoms with Crippen LogP contribution in [0, 0.1) is 6.92 Å². The van der Waals surface area contributed by atoms with Crippen molar-refractivity contribution in [3.8, 4) is 0 Å². The number of amides is 1. The van der Waals surface area contributed by atoms with Crippen LogP contribution in [-0.2, 0) is 4.79 Å². The number of rotatable bonds is 6. The van der Waals surface area contributed by atoms with E-state index in [-0.39, 0.29) is 23.9 Å². The maximum absolute atomic E-state index is 12.7. The molecule has 2 aromatic rings. The van der Waals surface area contributed by atoms with Crippen molar-refractivity contribution in [1.82, 2.24) is 15.3 Å². The van der Waals surface area contributed by atoms with Crippen molar-refractivity contribution < 1.29 is 14.7 Å².